The van der Waals surface area contributed by atoms with Crippen LogP contribution in [0.4, 0.5) is 5.69 Å². The number of anilines is 1. The number of halogens is 1. The van der Waals surface area contributed by atoms with E-state index in [4.69, 9.17) is 11.6 Å². The summed E-state index contributed by atoms with van der Waals surface area (Å²) in [4.78, 5) is 32.5. The Hall–Kier alpha value is -3.96. The van der Waals surface area contributed by atoms with Gasteiger partial charge in [0.2, 0.25) is 11.8 Å². The molecule has 2 amide bonds. The zero-order chi connectivity index (χ0) is 24.6. The zero-order valence-electron chi connectivity index (χ0n) is 19.3. The van der Waals surface area contributed by atoms with Gasteiger partial charge < -0.3 is 5.32 Å². The summed E-state index contributed by atoms with van der Waals surface area (Å²) in [5.74, 6) is -0.964. The molecule has 0 aliphatic carbocycles. The fourth-order valence-electron chi connectivity index (χ4n) is 4.02. The molecular formula is C29H26ClN3O2. The average Bonchev–Trinajstić information content (AvgIpc) is 2.92. The molecule has 176 valence electrons. The number of hydrogen-bond acceptors (Lipinski definition) is 3. The van der Waals surface area contributed by atoms with Crippen molar-refractivity contribution in [2.75, 3.05) is 10.8 Å². The number of rotatable bonds is 8. The molecule has 1 N–H and O–H groups in total. The smallest absolute Gasteiger partial charge is 0.248 e. The first kappa shape index (κ1) is 24.2. The van der Waals surface area contributed by atoms with Crippen LogP contribution in [0.1, 0.15) is 30.1 Å². The number of carbonyl (C=O) groups excluding carboxylic acids is 2. The number of pyridine rings is 1. The normalized spacial score (nSPS) is 12.4. The second-order valence-electron chi connectivity index (χ2n) is 8.14. The molecule has 1 aromatic heterocycles. The van der Waals surface area contributed by atoms with Crippen LogP contribution in [0.25, 0.3) is 11.1 Å². The summed E-state index contributed by atoms with van der Waals surface area (Å²) < 4.78 is 0. The van der Waals surface area contributed by atoms with Gasteiger partial charge in [-0.15, -0.1) is 11.6 Å². The lowest BCUT2D eigenvalue weighted by atomic mass is 10.0. The number of carbonyl (C=O) groups is 2. The van der Waals surface area contributed by atoms with E-state index < -0.39 is 6.04 Å². The predicted octanol–water partition coefficient (Wildman–Crippen LogP) is 5.94. The van der Waals surface area contributed by atoms with Crippen LogP contribution in [-0.4, -0.2) is 22.7 Å². The maximum atomic E-state index is 13.7. The molecule has 0 fully saturated rings. The van der Waals surface area contributed by atoms with Crippen molar-refractivity contribution >= 4 is 29.1 Å². The first-order chi connectivity index (χ1) is 17.1. The van der Waals surface area contributed by atoms with Gasteiger partial charge in [0.15, 0.2) is 0 Å². The van der Waals surface area contributed by atoms with Crippen LogP contribution < -0.4 is 10.2 Å². The third-order valence-corrected chi connectivity index (χ3v) is 6.03. The minimum Gasteiger partial charge on any atom is -0.347 e. The number of nitrogens with zero attached hydrogens (tertiary/aromatic N) is 2. The van der Waals surface area contributed by atoms with Crippen molar-refractivity contribution in [2.24, 2.45) is 0 Å². The van der Waals surface area contributed by atoms with Gasteiger partial charge in [0.1, 0.15) is 11.9 Å². The molecule has 5 nitrogen and oxygen atoms in total. The van der Waals surface area contributed by atoms with E-state index in [0.29, 0.717) is 11.3 Å². The summed E-state index contributed by atoms with van der Waals surface area (Å²) in [6.45, 7) is 1.91. The van der Waals surface area contributed by atoms with Crippen molar-refractivity contribution in [1.82, 2.24) is 10.3 Å². The predicted molar refractivity (Wildman–Crippen MR) is 140 cm³/mol. The first-order valence-electron chi connectivity index (χ1n) is 11.4. The lowest BCUT2D eigenvalue weighted by molar-refractivity contribution is -0.126. The number of alkyl halides is 1. The Kier molecular flexibility index (Phi) is 7.91. The Bertz CT molecular complexity index is 1250. The highest BCUT2D eigenvalue weighted by Gasteiger charge is 2.33. The van der Waals surface area contributed by atoms with E-state index in [1.54, 1.807) is 24.5 Å². The molecule has 1 heterocycles. The number of nitrogens with one attached hydrogen (secondary N) is 1. The van der Waals surface area contributed by atoms with Crippen molar-refractivity contribution in [3.8, 4) is 11.1 Å². The van der Waals surface area contributed by atoms with Gasteiger partial charge in [-0.25, -0.2) is 0 Å². The molecule has 4 aromatic rings. The van der Waals surface area contributed by atoms with E-state index in [0.717, 1.165) is 16.7 Å². The van der Waals surface area contributed by atoms with Crippen LogP contribution in [0, 0.1) is 0 Å². The summed E-state index contributed by atoms with van der Waals surface area (Å²) in [6, 6.07) is 29.5. The molecular weight excluding hydrogens is 458 g/mol. The Morgan fingerprint density at radius 1 is 0.829 bits per heavy atom. The van der Waals surface area contributed by atoms with E-state index >= 15 is 0 Å². The summed E-state index contributed by atoms with van der Waals surface area (Å²) in [6.07, 6.45) is 3.23. The summed E-state index contributed by atoms with van der Waals surface area (Å²) in [5.41, 5.74) is 4.20. The highest BCUT2D eigenvalue weighted by Crippen LogP contribution is 2.31. The van der Waals surface area contributed by atoms with E-state index in [1.807, 2.05) is 91.9 Å². The topological polar surface area (TPSA) is 62.3 Å². The molecule has 0 aliphatic rings. The van der Waals surface area contributed by atoms with Crippen molar-refractivity contribution in [1.29, 1.82) is 0 Å². The molecule has 6 heteroatoms. The fourth-order valence-corrected chi connectivity index (χ4v) is 4.15. The Balaban J connectivity index is 1.71. The van der Waals surface area contributed by atoms with Crippen molar-refractivity contribution in [2.45, 2.75) is 19.0 Å². The molecule has 0 aliphatic heterocycles. The van der Waals surface area contributed by atoms with Crippen molar-refractivity contribution in [3.63, 3.8) is 0 Å². The van der Waals surface area contributed by atoms with E-state index in [-0.39, 0.29) is 23.7 Å². The quantitative estimate of drug-likeness (QED) is 0.315. The Morgan fingerprint density at radius 2 is 1.43 bits per heavy atom. The van der Waals surface area contributed by atoms with Crippen LogP contribution >= 0.6 is 11.6 Å². The largest absolute Gasteiger partial charge is 0.347 e. The summed E-state index contributed by atoms with van der Waals surface area (Å²) in [5, 5.41) is 3.06. The minimum absolute atomic E-state index is 0.253. The van der Waals surface area contributed by atoms with E-state index in [9.17, 15) is 9.59 Å². The molecule has 4 rings (SSSR count). The van der Waals surface area contributed by atoms with Crippen molar-refractivity contribution in [3.05, 3.63) is 121 Å². The molecule has 0 radical (unpaired) electrons. The molecule has 2 unspecified atom stereocenters. The molecule has 2 atom stereocenters. The van der Waals surface area contributed by atoms with Crippen LogP contribution in [-0.2, 0) is 9.59 Å². The zero-order valence-corrected chi connectivity index (χ0v) is 20.1. The fraction of sp³-hybridized carbons (Fsp3) is 0.138. The van der Waals surface area contributed by atoms with Crippen LogP contribution in [0.3, 0.4) is 0 Å². The van der Waals surface area contributed by atoms with Crippen LogP contribution in [0.5, 0.6) is 0 Å². The number of aromatic nitrogens is 1. The van der Waals surface area contributed by atoms with Gasteiger partial charge in [0.05, 0.1) is 6.04 Å². The van der Waals surface area contributed by atoms with Gasteiger partial charge in [0.25, 0.3) is 0 Å². The van der Waals surface area contributed by atoms with Gasteiger partial charge in [-0.3, -0.25) is 19.5 Å². The van der Waals surface area contributed by atoms with Gasteiger partial charge in [-0.2, -0.15) is 0 Å². The third kappa shape index (κ3) is 5.76. The maximum Gasteiger partial charge on any atom is 0.248 e. The first-order valence-corrected chi connectivity index (χ1v) is 11.9. The molecule has 0 saturated heterocycles. The van der Waals surface area contributed by atoms with Gasteiger partial charge in [-0.05, 0) is 41.8 Å². The second kappa shape index (κ2) is 11.4. The molecule has 0 bridgehead atoms. The lowest BCUT2D eigenvalue weighted by Gasteiger charge is -2.32. The second-order valence-corrected chi connectivity index (χ2v) is 8.41. The van der Waals surface area contributed by atoms with Crippen LogP contribution in [0.15, 0.2) is 109 Å². The number of benzene rings is 3. The third-order valence-electron chi connectivity index (χ3n) is 5.80. The van der Waals surface area contributed by atoms with Crippen molar-refractivity contribution < 1.29 is 9.59 Å². The average molecular weight is 484 g/mol. The molecule has 3 aromatic carbocycles. The van der Waals surface area contributed by atoms with Gasteiger partial charge >= 0.3 is 0 Å². The monoisotopic (exact) mass is 483 g/mol. The summed E-state index contributed by atoms with van der Waals surface area (Å²) in [7, 11) is 0. The molecule has 0 saturated carbocycles. The highest BCUT2D eigenvalue weighted by atomic mass is 35.5. The lowest BCUT2D eigenvalue weighted by Crippen LogP contribution is -2.45. The van der Waals surface area contributed by atoms with Crippen LogP contribution in [0.2, 0.25) is 0 Å². The Morgan fingerprint density at radius 3 is 2.03 bits per heavy atom. The maximum absolute atomic E-state index is 13.7. The van der Waals surface area contributed by atoms with E-state index in [1.165, 1.54) is 4.90 Å². The summed E-state index contributed by atoms with van der Waals surface area (Å²) >= 11 is 6.02. The SMILES string of the molecule is CC(NC(=O)C(c1cccnc1)N(C(=O)CCl)c1ccc(-c2ccccc2)cc1)c1ccccc1. The number of amides is 2. The highest BCUT2D eigenvalue weighted by molar-refractivity contribution is 6.29. The molecule has 35 heavy (non-hydrogen) atoms. The number of hydrogen-bond donors (Lipinski definition) is 1. The molecule has 0 spiro atoms. The van der Waals surface area contributed by atoms with Gasteiger partial charge in [0, 0.05) is 23.6 Å². The van der Waals surface area contributed by atoms with Gasteiger partial charge in [-0.1, -0.05) is 78.9 Å². The minimum atomic E-state index is -0.941. The Labute approximate surface area is 210 Å². The van der Waals surface area contributed by atoms with E-state index in [2.05, 4.69) is 10.3 Å². The standard InChI is InChI=1S/C29H26ClN3O2/c1-21(22-9-4-2-5-10-22)32-29(35)28(25-13-8-18-31-20-25)33(27(34)19-30)26-16-14-24(15-17-26)23-11-6-3-7-12-23/h2-18,20-21,28H,19H2,1H3,(H,32,35).